The minimum absolute atomic E-state index is 0.440. The lowest BCUT2D eigenvalue weighted by molar-refractivity contribution is 0.171. The van der Waals surface area contributed by atoms with Gasteiger partial charge >= 0.3 is 0 Å². The van der Waals surface area contributed by atoms with E-state index in [9.17, 15) is 0 Å². The van der Waals surface area contributed by atoms with Gasteiger partial charge in [-0.2, -0.15) is 5.26 Å². The summed E-state index contributed by atoms with van der Waals surface area (Å²) in [6.45, 7) is 1.13. The molecule has 84 valence electrons. The zero-order chi connectivity index (χ0) is 11.7. The van der Waals surface area contributed by atoms with E-state index in [1.54, 1.807) is 0 Å². The van der Waals surface area contributed by atoms with Crippen molar-refractivity contribution in [2.75, 3.05) is 13.2 Å². The third kappa shape index (κ3) is 1.70. The average Bonchev–Trinajstić information content (AvgIpc) is 2.87. The topological polar surface area (TPSA) is 70.9 Å². The molecule has 0 aliphatic carbocycles. The standard InChI is InChI=1S/C12H9N3O2/c13-6-9-7-14-12(15-9)8-1-2-10-11(5-8)17-4-3-16-10/h1-2,5,7H,3-4H2,(H,14,15). The van der Waals surface area contributed by atoms with Crippen LogP contribution in [-0.4, -0.2) is 23.2 Å². The van der Waals surface area contributed by atoms with Gasteiger partial charge in [0.25, 0.3) is 0 Å². The molecule has 2 heterocycles. The molecule has 0 saturated carbocycles. The molecule has 0 unspecified atom stereocenters. The molecular weight excluding hydrogens is 218 g/mol. The molecule has 0 amide bonds. The van der Waals surface area contributed by atoms with E-state index in [1.807, 2.05) is 24.3 Å². The quantitative estimate of drug-likeness (QED) is 0.805. The van der Waals surface area contributed by atoms with Crippen LogP contribution < -0.4 is 9.47 Å². The van der Waals surface area contributed by atoms with Gasteiger partial charge in [-0.05, 0) is 18.2 Å². The first-order valence-electron chi connectivity index (χ1n) is 5.22. The lowest BCUT2D eigenvalue weighted by Crippen LogP contribution is -2.15. The lowest BCUT2D eigenvalue weighted by atomic mass is 10.2. The van der Waals surface area contributed by atoms with E-state index < -0.39 is 0 Å². The Hall–Kier alpha value is -2.48. The molecule has 5 heteroatoms. The molecule has 1 aliphatic rings. The molecule has 5 nitrogen and oxygen atoms in total. The Morgan fingerprint density at radius 2 is 2.06 bits per heavy atom. The van der Waals surface area contributed by atoms with Crippen molar-refractivity contribution in [1.82, 2.24) is 9.97 Å². The predicted molar refractivity (Wildman–Crippen MR) is 59.7 cm³/mol. The number of H-pyrrole nitrogens is 1. The Labute approximate surface area is 97.6 Å². The van der Waals surface area contributed by atoms with Crippen LogP contribution in [0.2, 0.25) is 0 Å². The maximum atomic E-state index is 8.72. The Kier molecular flexibility index (Phi) is 2.19. The van der Waals surface area contributed by atoms with Crippen LogP contribution in [0.4, 0.5) is 0 Å². The number of rotatable bonds is 1. The first-order chi connectivity index (χ1) is 8.36. The zero-order valence-electron chi connectivity index (χ0n) is 8.93. The van der Waals surface area contributed by atoms with Gasteiger partial charge in [0.15, 0.2) is 11.5 Å². The predicted octanol–water partition coefficient (Wildman–Crippen LogP) is 1.72. The summed E-state index contributed by atoms with van der Waals surface area (Å²) in [5.41, 5.74) is 1.31. The average molecular weight is 227 g/mol. The molecule has 1 aromatic carbocycles. The van der Waals surface area contributed by atoms with E-state index in [4.69, 9.17) is 14.7 Å². The summed E-state index contributed by atoms with van der Waals surface area (Å²) in [5, 5.41) is 8.72. The first-order valence-corrected chi connectivity index (χ1v) is 5.22. The first kappa shape index (κ1) is 9.73. The van der Waals surface area contributed by atoms with Crippen molar-refractivity contribution in [3.63, 3.8) is 0 Å². The monoisotopic (exact) mass is 227 g/mol. The summed E-state index contributed by atoms with van der Waals surface area (Å²) < 4.78 is 10.9. The number of nitrogens with zero attached hydrogens (tertiary/aromatic N) is 2. The normalized spacial score (nSPS) is 13.1. The molecule has 0 saturated heterocycles. The molecule has 1 aromatic heterocycles. The summed E-state index contributed by atoms with van der Waals surface area (Å²) in [6.07, 6.45) is 1.51. The van der Waals surface area contributed by atoms with E-state index in [0.717, 1.165) is 11.3 Å². The van der Waals surface area contributed by atoms with Gasteiger partial charge in [-0.3, -0.25) is 0 Å². The van der Waals surface area contributed by atoms with Crippen molar-refractivity contribution >= 4 is 0 Å². The highest BCUT2D eigenvalue weighted by atomic mass is 16.6. The fourth-order valence-electron chi connectivity index (χ4n) is 1.72. The summed E-state index contributed by atoms with van der Waals surface area (Å²) in [7, 11) is 0. The number of aromatic amines is 1. The van der Waals surface area contributed by atoms with Gasteiger partial charge in [-0.1, -0.05) is 0 Å². The number of hydrogen-bond acceptors (Lipinski definition) is 4. The largest absolute Gasteiger partial charge is 0.486 e. The van der Waals surface area contributed by atoms with Gasteiger partial charge in [-0.15, -0.1) is 0 Å². The molecule has 17 heavy (non-hydrogen) atoms. The van der Waals surface area contributed by atoms with Gasteiger partial charge in [-0.25, -0.2) is 4.98 Å². The van der Waals surface area contributed by atoms with E-state index in [1.165, 1.54) is 6.20 Å². The molecule has 0 atom stereocenters. The third-order valence-electron chi connectivity index (χ3n) is 2.51. The van der Waals surface area contributed by atoms with Gasteiger partial charge < -0.3 is 14.5 Å². The molecule has 2 aromatic rings. The summed E-state index contributed by atoms with van der Waals surface area (Å²) in [5.74, 6) is 2.11. The third-order valence-corrected chi connectivity index (χ3v) is 2.51. The van der Waals surface area contributed by atoms with Crippen LogP contribution >= 0.6 is 0 Å². The lowest BCUT2D eigenvalue weighted by Gasteiger charge is -2.18. The molecular formula is C12H9N3O2. The van der Waals surface area contributed by atoms with Gasteiger partial charge in [0, 0.05) is 5.56 Å². The smallest absolute Gasteiger partial charge is 0.162 e. The molecule has 0 radical (unpaired) electrons. The van der Waals surface area contributed by atoms with Crippen LogP contribution in [0.1, 0.15) is 5.69 Å². The van der Waals surface area contributed by atoms with E-state index in [2.05, 4.69) is 9.97 Å². The fraction of sp³-hybridized carbons (Fsp3) is 0.167. The molecule has 0 fully saturated rings. The second-order valence-electron chi connectivity index (χ2n) is 3.62. The highest BCUT2D eigenvalue weighted by Crippen LogP contribution is 2.33. The molecule has 0 bridgehead atoms. The number of imidazole rings is 1. The van der Waals surface area contributed by atoms with Crippen LogP contribution in [0, 0.1) is 11.3 Å². The van der Waals surface area contributed by atoms with E-state index in [0.29, 0.717) is 30.5 Å². The van der Waals surface area contributed by atoms with Crippen LogP contribution in [0.25, 0.3) is 11.4 Å². The maximum absolute atomic E-state index is 8.72. The molecule has 0 spiro atoms. The van der Waals surface area contributed by atoms with Crippen molar-refractivity contribution in [3.05, 3.63) is 30.1 Å². The Morgan fingerprint density at radius 3 is 2.82 bits per heavy atom. The van der Waals surface area contributed by atoms with Crippen LogP contribution in [0.5, 0.6) is 11.5 Å². The number of hydrogen-bond donors (Lipinski definition) is 1. The van der Waals surface area contributed by atoms with Crippen LogP contribution in [0.15, 0.2) is 24.4 Å². The van der Waals surface area contributed by atoms with Crippen molar-refractivity contribution in [2.24, 2.45) is 0 Å². The minimum atomic E-state index is 0.440. The second kappa shape index (κ2) is 3.83. The van der Waals surface area contributed by atoms with Gasteiger partial charge in [0.1, 0.15) is 30.8 Å². The SMILES string of the molecule is N#Cc1cnc(-c2ccc3c(c2)OCCO3)[nH]1. The fourth-order valence-corrected chi connectivity index (χ4v) is 1.72. The summed E-state index contributed by atoms with van der Waals surface area (Å²) in [4.78, 5) is 7.05. The molecule has 1 N–H and O–H groups in total. The van der Waals surface area contributed by atoms with Crippen molar-refractivity contribution in [3.8, 4) is 29.0 Å². The van der Waals surface area contributed by atoms with Crippen molar-refractivity contribution in [2.45, 2.75) is 0 Å². The van der Waals surface area contributed by atoms with Crippen LogP contribution in [0.3, 0.4) is 0 Å². The van der Waals surface area contributed by atoms with E-state index >= 15 is 0 Å². The number of benzene rings is 1. The maximum Gasteiger partial charge on any atom is 0.162 e. The van der Waals surface area contributed by atoms with Gasteiger partial charge in [0.2, 0.25) is 0 Å². The van der Waals surface area contributed by atoms with Crippen molar-refractivity contribution < 1.29 is 9.47 Å². The zero-order valence-corrected chi connectivity index (χ0v) is 8.93. The summed E-state index contributed by atoms with van der Waals surface area (Å²) in [6, 6.07) is 7.59. The Morgan fingerprint density at radius 1 is 1.24 bits per heavy atom. The highest BCUT2D eigenvalue weighted by molar-refractivity contribution is 5.61. The number of fused-ring (bicyclic) bond motifs is 1. The van der Waals surface area contributed by atoms with E-state index in [-0.39, 0.29) is 0 Å². The second-order valence-corrected chi connectivity index (χ2v) is 3.62. The molecule has 3 rings (SSSR count). The molecule has 1 aliphatic heterocycles. The number of aromatic nitrogens is 2. The minimum Gasteiger partial charge on any atom is -0.486 e. The Balaban J connectivity index is 2.01. The summed E-state index contributed by atoms with van der Waals surface area (Å²) >= 11 is 0. The van der Waals surface area contributed by atoms with Gasteiger partial charge in [0.05, 0.1) is 6.20 Å². The number of nitriles is 1. The number of ether oxygens (including phenoxy) is 2. The number of nitrogens with one attached hydrogen (secondary N) is 1. The Bertz CT molecular complexity index is 598. The van der Waals surface area contributed by atoms with Crippen molar-refractivity contribution in [1.29, 1.82) is 5.26 Å². The van der Waals surface area contributed by atoms with Crippen LogP contribution in [-0.2, 0) is 0 Å². The highest BCUT2D eigenvalue weighted by Gasteiger charge is 2.13.